The number of nitrogen functional groups attached to an aromatic ring is 1. The number of hydrogen-bond acceptors (Lipinski definition) is 2. The molecule has 0 saturated carbocycles. The molecule has 1 aromatic rings. The molecule has 16 heavy (non-hydrogen) atoms. The fourth-order valence-electron chi connectivity index (χ4n) is 2.33. The molecule has 0 spiro atoms. The SMILES string of the molecule is CC1CN(Cc2cc(N)ccc2Br)CC1C. The number of hydrogen-bond donors (Lipinski definition) is 1. The quantitative estimate of drug-likeness (QED) is 0.845. The fourth-order valence-corrected chi connectivity index (χ4v) is 2.71. The molecule has 0 aliphatic carbocycles. The van der Waals surface area contributed by atoms with E-state index in [1.165, 1.54) is 18.7 Å². The van der Waals surface area contributed by atoms with Gasteiger partial charge in [-0.3, -0.25) is 4.90 Å². The van der Waals surface area contributed by atoms with E-state index in [0.717, 1.165) is 28.5 Å². The predicted octanol–water partition coefficient (Wildman–Crippen LogP) is 3.12. The summed E-state index contributed by atoms with van der Waals surface area (Å²) in [6.45, 7) is 8.06. The van der Waals surface area contributed by atoms with Gasteiger partial charge in [0.1, 0.15) is 0 Å². The lowest BCUT2D eigenvalue weighted by atomic mass is 10.0. The molecule has 1 saturated heterocycles. The predicted molar refractivity (Wildman–Crippen MR) is 72.2 cm³/mol. The first kappa shape index (κ1) is 11.9. The first-order valence-electron chi connectivity index (χ1n) is 5.82. The Morgan fingerprint density at radius 3 is 2.56 bits per heavy atom. The highest BCUT2D eigenvalue weighted by molar-refractivity contribution is 9.10. The molecule has 1 aliphatic heterocycles. The van der Waals surface area contributed by atoms with Gasteiger partial charge in [0.25, 0.3) is 0 Å². The number of likely N-dealkylation sites (tertiary alicyclic amines) is 1. The van der Waals surface area contributed by atoms with Crippen LogP contribution >= 0.6 is 15.9 Å². The molecular formula is C13H19BrN2. The van der Waals surface area contributed by atoms with E-state index in [2.05, 4.69) is 40.7 Å². The van der Waals surface area contributed by atoms with Crippen LogP contribution in [0.25, 0.3) is 0 Å². The third kappa shape index (κ3) is 2.58. The minimum Gasteiger partial charge on any atom is -0.399 e. The third-order valence-electron chi connectivity index (χ3n) is 3.53. The molecule has 1 aliphatic rings. The zero-order valence-electron chi connectivity index (χ0n) is 9.91. The molecule has 0 aromatic heterocycles. The van der Waals surface area contributed by atoms with Gasteiger partial charge in [-0.1, -0.05) is 29.8 Å². The van der Waals surface area contributed by atoms with E-state index in [1.807, 2.05) is 12.1 Å². The summed E-state index contributed by atoms with van der Waals surface area (Å²) in [4.78, 5) is 2.51. The normalized spacial score (nSPS) is 26.2. The Bertz CT molecular complexity index is 368. The van der Waals surface area contributed by atoms with Gasteiger partial charge >= 0.3 is 0 Å². The first-order chi connectivity index (χ1) is 7.56. The van der Waals surface area contributed by atoms with Crippen molar-refractivity contribution in [1.82, 2.24) is 4.90 Å². The average Bonchev–Trinajstić information content (AvgIpc) is 2.52. The van der Waals surface area contributed by atoms with E-state index < -0.39 is 0 Å². The Balaban J connectivity index is 2.07. The maximum absolute atomic E-state index is 5.82. The van der Waals surface area contributed by atoms with Crippen LogP contribution in [0.2, 0.25) is 0 Å². The van der Waals surface area contributed by atoms with E-state index in [0.29, 0.717) is 0 Å². The highest BCUT2D eigenvalue weighted by atomic mass is 79.9. The molecule has 2 N–H and O–H groups in total. The van der Waals surface area contributed by atoms with E-state index in [9.17, 15) is 0 Å². The van der Waals surface area contributed by atoms with Gasteiger partial charge in [-0.05, 0) is 35.6 Å². The van der Waals surface area contributed by atoms with E-state index in [1.54, 1.807) is 0 Å². The highest BCUT2D eigenvalue weighted by Gasteiger charge is 2.26. The van der Waals surface area contributed by atoms with E-state index in [4.69, 9.17) is 5.73 Å². The Morgan fingerprint density at radius 1 is 1.31 bits per heavy atom. The second-order valence-corrected chi connectivity index (χ2v) is 5.85. The molecule has 2 rings (SSSR count). The van der Waals surface area contributed by atoms with Crippen LogP contribution in [0.1, 0.15) is 19.4 Å². The fraction of sp³-hybridized carbons (Fsp3) is 0.538. The summed E-state index contributed by atoms with van der Waals surface area (Å²) in [5.41, 5.74) is 7.96. The smallest absolute Gasteiger partial charge is 0.0318 e. The molecule has 3 heteroatoms. The van der Waals surface area contributed by atoms with Crippen molar-refractivity contribution in [3.63, 3.8) is 0 Å². The highest BCUT2D eigenvalue weighted by Crippen LogP contribution is 2.27. The molecule has 0 radical (unpaired) electrons. The van der Waals surface area contributed by atoms with Gasteiger partial charge in [0.15, 0.2) is 0 Å². The number of rotatable bonds is 2. The molecule has 1 fully saturated rings. The second kappa shape index (κ2) is 4.76. The Kier molecular flexibility index (Phi) is 3.55. The van der Waals surface area contributed by atoms with Crippen LogP contribution in [-0.2, 0) is 6.54 Å². The molecule has 0 amide bonds. The van der Waals surface area contributed by atoms with Crippen LogP contribution in [0.5, 0.6) is 0 Å². The lowest BCUT2D eigenvalue weighted by Crippen LogP contribution is -2.20. The summed E-state index contributed by atoms with van der Waals surface area (Å²) < 4.78 is 1.16. The number of benzene rings is 1. The molecular weight excluding hydrogens is 264 g/mol. The topological polar surface area (TPSA) is 29.3 Å². The van der Waals surface area contributed by atoms with Gasteiger partial charge in [0.05, 0.1) is 0 Å². The standard InChI is InChI=1S/C13H19BrN2/c1-9-6-16(7-10(9)2)8-11-5-12(15)3-4-13(11)14/h3-5,9-10H,6-8,15H2,1-2H3. The molecule has 2 nitrogen and oxygen atoms in total. The van der Waals surface area contributed by atoms with Gasteiger partial charge < -0.3 is 5.73 Å². The molecule has 1 aromatic carbocycles. The summed E-state index contributed by atoms with van der Waals surface area (Å²) in [5.74, 6) is 1.61. The van der Waals surface area contributed by atoms with E-state index in [-0.39, 0.29) is 0 Å². The second-order valence-electron chi connectivity index (χ2n) is 5.00. The summed E-state index contributed by atoms with van der Waals surface area (Å²) in [7, 11) is 0. The average molecular weight is 283 g/mol. The van der Waals surface area contributed by atoms with Crippen molar-refractivity contribution in [2.75, 3.05) is 18.8 Å². The zero-order valence-corrected chi connectivity index (χ0v) is 11.5. The van der Waals surface area contributed by atoms with Gasteiger partial charge in [0, 0.05) is 29.8 Å². The zero-order chi connectivity index (χ0) is 11.7. The number of anilines is 1. The number of halogens is 1. The summed E-state index contributed by atoms with van der Waals surface area (Å²) >= 11 is 3.59. The maximum atomic E-state index is 5.82. The van der Waals surface area contributed by atoms with Crippen molar-refractivity contribution >= 4 is 21.6 Å². The van der Waals surface area contributed by atoms with Crippen molar-refractivity contribution in [3.8, 4) is 0 Å². The van der Waals surface area contributed by atoms with Crippen molar-refractivity contribution in [2.45, 2.75) is 20.4 Å². The molecule has 2 atom stereocenters. The van der Waals surface area contributed by atoms with Crippen molar-refractivity contribution in [2.24, 2.45) is 11.8 Å². The summed E-state index contributed by atoms with van der Waals surface area (Å²) in [6.07, 6.45) is 0. The van der Waals surface area contributed by atoms with Crippen LogP contribution in [0.15, 0.2) is 22.7 Å². The van der Waals surface area contributed by atoms with Crippen LogP contribution in [0.3, 0.4) is 0 Å². The molecule has 2 unspecified atom stereocenters. The molecule has 0 bridgehead atoms. The maximum Gasteiger partial charge on any atom is 0.0318 e. The Morgan fingerprint density at radius 2 is 1.94 bits per heavy atom. The van der Waals surface area contributed by atoms with Crippen LogP contribution in [0.4, 0.5) is 5.69 Å². The largest absolute Gasteiger partial charge is 0.399 e. The monoisotopic (exact) mass is 282 g/mol. The van der Waals surface area contributed by atoms with E-state index >= 15 is 0 Å². The van der Waals surface area contributed by atoms with Crippen LogP contribution in [0, 0.1) is 11.8 Å². The Hall–Kier alpha value is -0.540. The van der Waals surface area contributed by atoms with Gasteiger partial charge in [0.2, 0.25) is 0 Å². The van der Waals surface area contributed by atoms with Crippen LogP contribution in [-0.4, -0.2) is 18.0 Å². The number of nitrogens with two attached hydrogens (primary N) is 1. The lowest BCUT2D eigenvalue weighted by molar-refractivity contribution is 0.315. The Labute approximate surface area is 106 Å². The first-order valence-corrected chi connectivity index (χ1v) is 6.62. The van der Waals surface area contributed by atoms with Gasteiger partial charge in [-0.2, -0.15) is 0 Å². The lowest BCUT2D eigenvalue weighted by Gasteiger charge is -2.16. The number of nitrogens with zero attached hydrogens (tertiary/aromatic N) is 1. The van der Waals surface area contributed by atoms with Gasteiger partial charge in [-0.15, -0.1) is 0 Å². The molecule has 1 heterocycles. The minimum absolute atomic E-state index is 0.805. The minimum atomic E-state index is 0.805. The van der Waals surface area contributed by atoms with Crippen LogP contribution < -0.4 is 5.73 Å². The van der Waals surface area contributed by atoms with Crippen molar-refractivity contribution < 1.29 is 0 Å². The van der Waals surface area contributed by atoms with Crippen molar-refractivity contribution in [1.29, 1.82) is 0 Å². The van der Waals surface area contributed by atoms with Gasteiger partial charge in [-0.25, -0.2) is 0 Å². The van der Waals surface area contributed by atoms with Crippen molar-refractivity contribution in [3.05, 3.63) is 28.2 Å². The summed E-state index contributed by atoms with van der Waals surface area (Å²) in [5, 5.41) is 0. The summed E-state index contributed by atoms with van der Waals surface area (Å²) in [6, 6.07) is 6.04. The third-order valence-corrected chi connectivity index (χ3v) is 4.30. The molecule has 88 valence electrons.